The molecule has 0 aliphatic carbocycles. The molecule has 0 bridgehead atoms. The van der Waals surface area contributed by atoms with Crippen molar-refractivity contribution in [1.29, 1.82) is 0 Å². The highest BCUT2D eigenvalue weighted by molar-refractivity contribution is 5.76. The molecule has 0 atom stereocenters. The van der Waals surface area contributed by atoms with Gasteiger partial charge in [0.1, 0.15) is 18.0 Å². The fourth-order valence-electron chi connectivity index (χ4n) is 2.95. The fraction of sp³-hybridized carbons (Fsp3) is 0.333. The Morgan fingerprint density at radius 3 is 2.61 bits per heavy atom. The molecule has 10 nitrogen and oxygen atoms in total. The van der Waals surface area contributed by atoms with Crippen LogP contribution in [0.25, 0.3) is 11.2 Å². The van der Waals surface area contributed by atoms with E-state index >= 15 is 0 Å². The highest BCUT2D eigenvalue weighted by atomic mass is 16.5. The second-order valence-corrected chi connectivity index (χ2v) is 6.22. The molecule has 148 valence electrons. The fourth-order valence-corrected chi connectivity index (χ4v) is 2.95. The minimum Gasteiger partial charge on any atom is -0.497 e. The summed E-state index contributed by atoms with van der Waals surface area (Å²) in [6.45, 7) is -0.249. The molecular formula is C18H21N5O5. The van der Waals surface area contributed by atoms with E-state index in [1.54, 1.807) is 32.4 Å². The van der Waals surface area contributed by atoms with Gasteiger partial charge in [-0.1, -0.05) is 0 Å². The van der Waals surface area contributed by atoms with E-state index in [-0.39, 0.29) is 17.7 Å². The summed E-state index contributed by atoms with van der Waals surface area (Å²) in [6.07, 6.45) is 1.45. The van der Waals surface area contributed by atoms with Crippen LogP contribution in [0.4, 0.5) is 0 Å². The van der Waals surface area contributed by atoms with Crippen molar-refractivity contribution >= 4 is 17.1 Å². The maximum Gasteiger partial charge on any atom is 0.332 e. The van der Waals surface area contributed by atoms with Crippen LogP contribution in [0.3, 0.4) is 0 Å². The zero-order valence-electron chi connectivity index (χ0n) is 16.1. The third-order valence-electron chi connectivity index (χ3n) is 4.47. The van der Waals surface area contributed by atoms with Crippen LogP contribution in [0.2, 0.25) is 0 Å². The smallest absolute Gasteiger partial charge is 0.332 e. The maximum atomic E-state index is 12.6. The lowest BCUT2D eigenvalue weighted by Gasteiger charge is -2.12. The quantitative estimate of drug-likeness (QED) is 0.626. The molecule has 2 heterocycles. The number of fused-ring (bicyclic) bond motifs is 1. The Bertz CT molecular complexity index is 1160. The summed E-state index contributed by atoms with van der Waals surface area (Å²) >= 11 is 0. The molecule has 3 rings (SSSR count). The molecule has 1 aromatic carbocycles. The van der Waals surface area contributed by atoms with E-state index in [1.165, 1.54) is 29.6 Å². The van der Waals surface area contributed by atoms with Crippen molar-refractivity contribution in [2.45, 2.75) is 13.1 Å². The van der Waals surface area contributed by atoms with Crippen LogP contribution in [-0.2, 0) is 32.0 Å². The van der Waals surface area contributed by atoms with Crippen LogP contribution in [0.1, 0.15) is 5.56 Å². The average Bonchev–Trinajstić information content (AvgIpc) is 3.09. The summed E-state index contributed by atoms with van der Waals surface area (Å²) in [5.41, 5.74) is 0.0645. The van der Waals surface area contributed by atoms with Gasteiger partial charge in [-0.3, -0.25) is 14.2 Å². The Labute approximate surface area is 159 Å². The zero-order chi connectivity index (χ0) is 20.4. The van der Waals surface area contributed by atoms with Gasteiger partial charge in [-0.15, -0.1) is 0 Å². The molecule has 2 aromatic heterocycles. The average molecular weight is 387 g/mol. The lowest BCUT2D eigenvalue weighted by atomic mass is 10.2. The van der Waals surface area contributed by atoms with Crippen LogP contribution in [0.5, 0.6) is 11.5 Å². The molecule has 0 aliphatic rings. The molecule has 0 saturated heterocycles. The molecule has 1 amide bonds. The Balaban J connectivity index is 1.84. The van der Waals surface area contributed by atoms with Gasteiger partial charge in [-0.25, -0.2) is 14.3 Å². The number of hydrogen-bond acceptors (Lipinski definition) is 6. The van der Waals surface area contributed by atoms with Crippen LogP contribution >= 0.6 is 0 Å². The van der Waals surface area contributed by atoms with E-state index in [4.69, 9.17) is 9.47 Å². The summed E-state index contributed by atoms with van der Waals surface area (Å²) in [4.78, 5) is 41.6. The van der Waals surface area contributed by atoms with Crippen molar-refractivity contribution in [2.75, 3.05) is 14.2 Å². The Hall–Kier alpha value is -3.56. The molecular weight excluding hydrogens is 366 g/mol. The Kier molecular flexibility index (Phi) is 5.21. The normalized spacial score (nSPS) is 10.9. The second-order valence-electron chi connectivity index (χ2n) is 6.22. The number of nitrogens with one attached hydrogen (secondary N) is 1. The molecule has 3 aromatic rings. The number of carbonyl (C=O) groups excluding carboxylic acids is 1. The molecule has 1 N–H and O–H groups in total. The molecule has 10 heteroatoms. The van der Waals surface area contributed by atoms with E-state index in [0.717, 1.165) is 4.57 Å². The van der Waals surface area contributed by atoms with E-state index in [0.29, 0.717) is 17.1 Å². The van der Waals surface area contributed by atoms with Gasteiger partial charge in [0, 0.05) is 26.2 Å². The number of imidazole rings is 1. The third kappa shape index (κ3) is 3.36. The summed E-state index contributed by atoms with van der Waals surface area (Å²) in [7, 11) is 6.23. The number of aromatic nitrogens is 4. The number of rotatable bonds is 6. The lowest BCUT2D eigenvalue weighted by Crippen LogP contribution is -2.43. The van der Waals surface area contributed by atoms with Gasteiger partial charge in [0.2, 0.25) is 5.91 Å². The number of methoxy groups -OCH3 is 2. The van der Waals surface area contributed by atoms with Crippen molar-refractivity contribution in [3.05, 3.63) is 50.9 Å². The Morgan fingerprint density at radius 2 is 1.93 bits per heavy atom. The van der Waals surface area contributed by atoms with Crippen molar-refractivity contribution < 1.29 is 14.3 Å². The van der Waals surface area contributed by atoms with Gasteiger partial charge in [-0.2, -0.15) is 0 Å². The summed E-state index contributed by atoms with van der Waals surface area (Å²) in [6, 6.07) is 5.22. The van der Waals surface area contributed by atoms with Gasteiger partial charge < -0.3 is 19.4 Å². The number of benzene rings is 1. The van der Waals surface area contributed by atoms with Crippen LogP contribution in [0, 0.1) is 0 Å². The highest BCUT2D eigenvalue weighted by Crippen LogP contribution is 2.23. The van der Waals surface area contributed by atoms with Crippen LogP contribution in [-0.4, -0.2) is 38.8 Å². The van der Waals surface area contributed by atoms with Gasteiger partial charge in [0.25, 0.3) is 5.56 Å². The van der Waals surface area contributed by atoms with Crippen molar-refractivity contribution in [1.82, 2.24) is 24.0 Å². The molecule has 28 heavy (non-hydrogen) atoms. The summed E-state index contributed by atoms with van der Waals surface area (Å²) in [5.74, 6) is 0.730. The SMILES string of the molecule is COc1ccc(OC)c(CNC(=O)Cn2c(=O)c3c(ncn3C)n(C)c2=O)c1. The zero-order valence-corrected chi connectivity index (χ0v) is 16.1. The number of amides is 1. The highest BCUT2D eigenvalue weighted by Gasteiger charge is 2.17. The molecule has 0 unspecified atom stereocenters. The first-order valence-corrected chi connectivity index (χ1v) is 8.45. The largest absolute Gasteiger partial charge is 0.497 e. The van der Waals surface area contributed by atoms with Crippen LogP contribution < -0.4 is 26.0 Å². The van der Waals surface area contributed by atoms with Gasteiger partial charge in [0.15, 0.2) is 11.2 Å². The summed E-state index contributed by atoms with van der Waals surface area (Å²) in [5, 5.41) is 2.70. The summed E-state index contributed by atoms with van der Waals surface area (Å²) < 4.78 is 14.1. The predicted molar refractivity (Wildman–Crippen MR) is 102 cm³/mol. The van der Waals surface area contributed by atoms with Crippen molar-refractivity contribution in [2.24, 2.45) is 14.1 Å². The number of carbonyl (C=O) groups is 1. The lowest BCUT2D eigenvalue weighted by molar-refractivity contribution is -0.121. The van der Waals surface area contributed by atoms with Crippen LogP contribution in [0.15, 0.2) is 34.1 Å². The third-order valence-corrected chi connectivity index (χ3v) is 4.47. The first kappa shape index (κ1) is 19.2. The van der Waals surface area contributed by atoms with E-state index in [1.807, 2.05) is 0 Å². The van der Waals surface area contributed by atoms with Crippen molar-refractivity contribution in [3.8, 4) is 11.5 Å². The molecule has 0 spiro atoms. The van der Waals surface area contributed by atoms with E-state index in [9.17, 15) is 14.4 Å². The second kappa shape index (κ2) is 7.59. The molecule has 0 radical (unpaired) electrons. The van der Waals surface area contributed by atoms with Gasteiger partial charge in [0.05, 0.1) is 20.5 Å². The number of ether oxygens (including phenoxy) is 2. The molecule has 0 fully saturated rings. The Morgan fingerprint density at radius 1 is 1.18 bits per heavy atom. The molecule has 0 saturated carbocycles. The van der Waals surface area contributed by atoms with Gasteiger partial charge >= 0.3 is 5.69 Å². The maximum absolute atomic E-state index is 12.6. The van der Waals surface area contributed by atoms with E-state index < -0.39 is 23.7 Å². The number of aryl methyl sites for hydroxylation is 2. The molecule has 0 aliphatic heterocycles. The number of nitrogens with zero attached hydrogens (tertiary/aromatic N) is 4. The standard InChI is InChI=1S/C18H21N5O5/c1-21-10-20-16-15(21)17(25)23(18(26)22(16)2)9-14(24)19-8-11-7-12(27-3)5-6-13(11)28-4/h5-7,10H,8-9H2,1-4H3,(H,19,24). The minimum absolute atomic E-state index is 0.155. The predicted octanol–water partition coefficient (Wildman–Crippen LogP) is -0.233. The number of hydrogen-bond donors (Lipinski definition) is 1. The monoisotopic (exact) mass is 387 g/mol. The topological polar surface area (TPSA) is 109 Å². The van der Waals surface area contributed by atoms with E-state index in [2.05, 4.69) is 10.3 Å². The minimum atomic E-state index is -0.606. The first-order chi connectivity index (χ1) is 13.4. The van der Waals surface area contributed by atoms with Crippen molar-refractivity contribution in [3.63, 3.8) is 0 Å². The first-order valence-electron chi connectivity index (χ1n) is 8.45. The van der Waals surface area contributed by atoms with Gasteiger partial charge in [-0.05, 0) is 18.2 Å².